The first-order valence-corrected chi connectivity index (χ1v) is 11.1. The van der Waals surface area contributed by atoms with E-state index in [1.807, 2.05) is 13.0 Å². The molecule has 8 heteroatoms. The zero-order valence-electron chi connectivity index (χ0n) is 18.2. The van der Waals surface area contributed by atoms with E-state index < -0.39 is 11.9 Å². The number of halogens is 1. The second kappa shape index (κ2) is 11.7. The van der Waals surface area contributed by atoms with Crippen LogP contribution in [0, 0.1) is 11.3 Å². The molecule has 0 bridgehead atoms. The molecule has 0 radical (unpaired) electrons. The Morgan fingerprint density at radius 1 is 1.09 bits per heavy atom. The van der Waals surface area contributed by atoms with Crippen LogP contribution in [0.15, 0.2) is 76.8 Å². The lowest BCUT2D eigenvalue weighted by Crippen LogP contribution is -2.13. The number of anilines is 1. The van der Waals surface area contributed by atoms with Crippen LogP contribution >= 0.6 is 15.9 Å². The first-order chi connectivity index (χ1) is 16.4. The number of nitrogens with one attached hydrogen (secondary N) is 1. The summed E-state index contributed by atoms with van der Waals surface area (Å²) >= 11 is 3.45. The minimum atomic E-state index is -0.983. The predicted molar refractivity (Wildman–Crippen MR) is 132 cm³/mol. The molecule has 0 spiro atoms. The number of rotatable bonds is 9. The van der Waals surface area contributed by atoms with Crippen LogP contribution in [0.25, 0.3) is 6.08 Å². The Bertz CT molecular complexity index is 1260. The number of ether oxygens (including phenoxy) is 2. The Labute approximate surface area is 205 Å². The quantitative estimate of drug-likeness (QED) is 0.278. The fraction of sp³-hybridized carbons (Fsp3) is 0.115. The summed E-state index contributed by atoms with van der Waals surface area (Å²) in [6, 6.07) is 20.5. The highest BCUT2D eigenvalue weighted by molar-refractivity contribution is 9.10. The molecule has 0 heterocycles. The van der Waals surface area contributed by atoms with Crippen molar-refractivity contribution in [3.63, 3.8) is 0 Å². The number of benzene rings is 3. The zero-order chi connectivity index (χ0) is 24.5. The summed E-state index contributed by atoms with van der Waals surface area (Å²) in [7, 11) is 0. The molecular formula is C26H21BrN2O5. The molecule has 7 nitrogen and oxygen atoms in total. The SMILES string of the molecule is CCOc1cccc(NC(=O)/C(C#N)=C\c2ccc(OCc3ccc(C(=O)O)cc3)c(Br)c2)c1. The van der Waals surface area contributed by atoms with E-state index in [1.165, 1.54) is 18.2 Å². The summed E-state index contributed by atoms with van der Waals surface area (Å²) in [4.78, 5) is 23.5. The number of amides is 1. The lowest BCUT2D eigenvalue weighted by molar-refractivity contribution is -0.112. The molecule has 3 aromatic carbocycles. The molecular weight excluding hydrogens is 500 g/mol. The molecule has 0 unspecified atom stereocenters. The monoisotopic (exact) mass is 520 g/mol. The van der Waals surface area contributed by atoms with Gasteiger partial charge in [0.1, 0.15) is 29.7 Å². The summed E-state index contributed by atoms with van der Waals surface area (Å²) < 4.78 is 11.9. The van der Waals surface area contributed by atoms with E-state index in [1.54, 1.807) is 54.6 Å². The first-order valence-electron chi connectivity index (χ1n) is 10.3. The average molecular weight is 521 g/mol. The Hall–Kier alpha value is -4.09. The smallest absolute Gasteiger partial charge is 0.335 e. The van der Waals surface area contributed by atoms with Gasteiger partial charge in [-0.1, -0.05) is 24.3 Å². The third-order valence-corrected chi connectivity index (χ3v) is 5.25. The van der Waals surface area contributed by atoms with E-state index in [2.05, 4.69) is 21.2 Å². The highest BCUT2D eigenvalue weighted by Gasteiger charge is 2.11. The van der Waals surface area contributed by atoms with Crippen LogP contribution in [0.5, 0.6) is 11.5 Å². The second-order valence-electron chi connectivity index (χ2n) is 7.07. The van der Waals surface area contributed by atoms with E-state index in [-0.39, 0.29) is 17.7 Å². The molecule has 1 amide bonds. The van der Waals surface area contributed by atoms with E-state index >= 15 is 0 Å². The summed E-state index contributed by atoms with van der Waals surface area (Å²) in [6.07, 6.45) is 1.49. The van der Waals surface area contributed by atoms with Crippen molar-refractivity contribution < 1.29 is 24.2 Å². The van der Waals surface area contributed by atoms with Crippen molar-refractivity contribution in [3.8, 4) is 17.6 Å². The number of carboxylic acids is 1. The molecule has 0 saturated heterocycles. The molecule has 2 N–H and O–H groups in total. The number of aromatic carboxylic acids is 1. The average Bonchev–Trinajstić information content (AvgIpc) is 2.82. The van der Waals surface area contributed by atoms with Crippen LogP contribution in [0.4, 0.5) is 5.69 Å². The summed E-state index contributed by atoms with van der Waals surface area (Å²) in [6.45, 7) is 2.63. The molecule has 0 atom stereocenters. The third-order valence-electron chi connectivity index (χ3n) is 4.63. The van der Waals surface area contributed by atoms with E-state index in [0.29, 0.717) is 33.8 Å². The minimum absolute atomic E-state index is 0.0547. The maximum Gasteiger partial charge on any atom is 0.335 e. The lowest BCUT2D eigenvalue weighted by Gasteiger charge is -2.10. The van der Waals surface area contributed by atoms with Crippen molar-refractivity contribution in [1.29, 1.82) is 5.26 Å². The van der Waals surface area contributed by atoms with Crippen LogP contribution in [0.1, 0.15) is 28.4 Å². The summed E-state index contributed by atoms with van der Waals surface area (Å²) in [5.41, 5.74) is 2.14. The number of carbonyl (C=O) groups excluding carboxylic acids is 1. The zero-order valence-corrected chi connectivity index (χ0v) is 19.8. The normalized spacial score (nSPS) is 10.8. The van der Waals surface area contributed by atoms with Crippen LogP contribution in [0.3, 0.4) is 0 Å². The molecule has 34 heavy (non-hydrogen) atoms. The van der Waals surface area contributed by atoms with Gasteiger partial charge < -0.3 is 19.9 Å². The molecule has 0 aliphatic rings. The maximum absolute atomic E-state index is 12.6. The van der Waals surface area contributed by atoms with Gasteiger partial charge in [0.15, 0.2) is 0 Å². The number of nitriles is 1. The first kappa shape index (κ1) is 24.6. The molecule has 3 aromatic rings. The fourth-order valence-electron chi connectivity index (χ4n) is 2.97. The van der Waals surface area contributed by atoms with Crippen molar-refractivity contribution >= 4 is 39.6 Å². The standard InChI is InChI=1S/C26H21BrN2O5/c1-2-33-22-5-3-4-21(14-22)29-25(30)20(15-28)12-18-8-11-24(23(27)13-18)34-16-17-6-9-19(10-7-17)26(31)32/h3-14H,2,16H2,1H3,(H,29,30)(H,31,32)/b20-12-. The number of hydrogen-bond acceptors (Lipinski definition) is 5. The van der Waals surface area contributed by atoms with Crippen molar-refractivity contribution in [2.24, 2.45) is 0 Å². The number of nitrogens with zero attached hydrogens (tertiary/aromatic N) is 1. The van der Waals surface area contributed by atoms with Crippen LogP contribution < -0.4 is 14.8 Å². The van der Waals surface area contributed by atoms with Gasteiger partial charge in [0, 0.05) is 11.8 Å². The highest BCUT2D eigenvalue weighted by atomic mass is 79.9. The van der Waals surface area contributed by atoms with Gasteiger partial charge in [-0.25, -0.2) is 4.79 Å². The van der Waals surface area contributed by atoms with Crippen LogP contribution in [0.2, 0.25) is 0 Å². The molecule has 0 saturated carbocycles. The highest BCUT2D eigenvalue weighted by Crippen LogP contribution is 2.28. The number of carboxylic acid groups (broad SMARTS) is 1. The van der Waals surface area contributed by atoms with Gasteiger partial charge in [-0.2, -0.15) is 5.26 Å². The predicted octanol–water partition coefficient (Wildman–Crippen LogP) is 5.67. The minimum Gasteiger partial charge on any atom is -0.494 e. The van der Waals surface area contributed by atoms with Crippen LogP contribution in [-0.2, 0) is 11.4 Å². The number of carbonyl (C=O) groups is 2. The molecule has 0 aliphatic heterocycles. The van der Waals surface area contributed by atoms with Gasteiger partial charge in [0.25, 0.3) is 5.91 Å². The molecule has 172 valence electrons. The second-order valence-corrected chi connectivity index (χ2v) is 7.92. The van der Waals surface area contributed by atoms with Crippen molar-refractivity contribution in [3.05, 3.63) is 93.5 Å². The van der Waals surface area contributed by atoms with Gasteiger partial charge in [-0.15, -0.1) is 0 Å². The van der Waals surface area contributed by atoms with Gasteiger partial charge in [-0.3, -0.25) is 4.79 Å². The van der Waals surface area contributed by atoms with Gasteiger partial charge >= 0.3 is 5.97 Å². The Morgan fingerprint density at radius 3 is 2.50 bits per heavy atom. The van der Waals surface area contributed by atoms with Crippen molar-refractivity contribution in [2.75, 3.05) is 11.9 Å². The maximum atomic E-state index is 12.6. The molecule has 0 aromatic heterocycles. The van der Waals surface area contributed by atoms with E-state index in [4.69, 9.17) is 14.6 Å². The lowest BCUT2D eigenvalue weighted by atomic mass is 10.1. The van der Waals surface area contributed by atoms with E-state index in [9.17, 15) is 14.9 Å². The Kier molecular flexibility index (Phi) is 8.43. The van der Waals surface area contributed by atoms with E-state index in [0.717, 1.165) is 5.56 Å². The summed E-state index contributed by atoms with van der Waals surface area (Å²) in [5, 5.41) is 21.2. The van der Waals surface area contributed by atoms with Crippen molar-refractivity contribution in [2.45, 2.75) is 13.5 Å². The Balaban J connectivity index is 1.67. The number of hydrogen-bond donors (Lipinski definition) is 2. The van der Waals surface area contributed by atoms with Gasteiger partial charge in [0.2, 0.25) is 0 Å². The molecule has 3 rings (SSSR count). The van der Waals surface area contributed by atoms with Gasteiger partial charge in [0.05, 0.1) is 16.6 Å². The molecule has 0 aliphatic carbocycles. The molecule has 0 fully saturated rings. The largest absolute Gasteiger partial charge is 0.494 e. The van der Waals surface area contributed by atoms with Gasteiger partial charge in [-0.05, 0) is 76.5 Å². The van der Waals surface area contributed by atoms with Crippen molar-refractivity contribution in [1.82, 2.24) is 0 Å². The third kappa shape index (κ3) is 6.70. The fourth-order valence-corrected chi connectivity index (χ4v) is 3.48. The Morgan fingerprint density at radius 2 is 1.85 bits per heavy atom. The van der Waals surface area contributed by atoms with Crippen LogP contribution in [-0.4, -0.2) is 23.6 Å². The summed E-state index contributed by atoms with van der Waals surface area (Å²) in [5.74, 6) is -0.323. The topological polar surface area (TPSA) is 109 Å².